The normalized spacial score (nSPS) is 24.8. The standard InChI is InChI=1S/C26H29N5O3S2/c1-14-20(24-30-17-8-4-5-9-19(17)36-24)23(31-25(28-14)27-12-16-7-6-10-35-16)29-18-11-15(13-32)21-22(18)34-26(2,3)33-21/h4-10,15,18,21-22,32H,11-13H2,1-3H3,(H2,27,28,29,31)/t15-,18-,21-,22+/m1/s1. The largest absolute Gasteiger partial charge is 0.396 e. The average Bonchev–Trinajstić information content (AvgIpc) is 3.62. The fraction of sp³-hybridized carbons (Fsp3) is 0.423. The molecule has 1 aromatic carbocycles. The van der Waals surface area contributed by atoms with Crippen LogP contribution < -0.4 is 10.6 Å². The molecule has 4 heterocycles. The molecule has 1 aliphatic carbocycles. The second kappa shape index (κ2) is 9.35. The van der Waals surface area contributed by atoms with Gasteiger partial charge in [-0.15, -0.1) is 22.7 Å². The van der Waals surface area contributed by atoms with Crippen LogP contribution in [0, 0.1) is 12.8 Å². The molecule has 0 bridgehead atoms. The Labute approximate surface area is 217 Å². The molecule has 8 nitrogen and oxygen atoms in total. The smallest absolute Gasteiger partial charge is 0.225 e. The number of aryl methyl sites for hydroxylation is 1. The minimum absolute atomic E-state index is 0.000431. The summed E-state index contributed by atoms with van der Waals surface area (Å²) in [6.45, 7) is 6.55. The van der Waals surface area contributed by atoms with Gasteiger partial charge in [0.25, 0.3) is 0 Å². The van der Waals surface area contributed by atoms with Crippen LogP contribution in [0.25, 0.3) is 20.8 Å². The summed E-state index contributed by atoms with van der Waals surface area (Å²) >= 11 is 3.33. The number of ether oxygens (including phenoxy) is 2. The average molecular weight is 524 g/mol. The van der Waals surface area contributed by atoms with Crippen molar-refractivity contribution < 1.29 is 14.6 Å². The molecule has 2 aliphatic rings. The Morgan fingerprint density at radius 2 is 1.92 bits per heavy atom. The van der Waals surface area contributed by atoms with E-state index in [1.54, 1.807) is 22.7 Å². The zero-order valence-electron chi connectivity index (χ0n) is 20.4. The second-order valence-corrected chi connectivity index (χ2v) is 11.8. The Balaban J connectivity index is 1.37. The third-order valence-corrected chi connectivity index (χ3v) is 8.67. The zero-order chi connectivity index (χ0) is 24.9. The van der Waals surface area contributed by atoms with E-state index in [0.29, 0.717) is 18.3 Å². The van der Waals surface area contributed by atoms with Crippen LogP contribution in [-0.2, 0) is 16.0 Å². The van der Waals surface area contributed by atoms with Crippen molar-refractivity contribution in [3.8, 4) is 10.6 Å². The van der Waals surface area contributed by atoms with Gasteiger partial charge in [-0.1, -0.05) is 18.2 Å². The summed E-state index contributed by atoms with van der Waals surface area (Å²) < 4.78 is 13.5. The molecule has 10 heteroatoms. The Bertz CT molecular complexity index is 1340. The number of thiophene rings is 1. The molecule has 4 aromatic rings. The number of benzene rings is 1. The van der Waals surface area contributed by atoms with Gasteiger partial charge < -0.3 is 25.2 Å². The Kier molecular flexibility index (Phi) is 6.17. The topological polar surface area (TPSA) is 101 Å². The number of anilines is 2. The number of nitrogens with one attached hydrogen (secondary N) is 2. The first-order valence-corrected chi connectivity index (χ1v) is 13.8. The molecule has 3 N–H and O–H groups in total. The van der Waals surface area contributed by atoms with Gasteiger partial charge in [-0.25, -0.2) is 9.97 Å². The Morgan fingerprint density at radius 3 is 2.69 bits per heavy atom. The maximum absolute atomic E-state index is 10.0. The van der Waals surface area contributed by atoms with Crippen LogP contribution in [0.5, 0.6) is 0 Å². The SMILES string of the molecule is Cc1nc(NCc2cccs2)nc(N[C@@H]2C[C@H](CO)[C@H]3OC(C)(C)O[C@H]32)c1-c1nc2ccccc2s1. The molecule has 2 fully saturated rings. The van der Waals surface area contributed by atoms with Crippen LogP contribution in [0.4, 0.5) is 11.8 Å². The van der Waals surface area contributed by atoms with Gasteiger partial charge in [0.05, 0.1) is 40.2 Å². The highest BCUT2D eigenvalue weighted by molar-refractivity contribution is 7.21. The summed E-state index contributed by atoms with van der Waals surface area (Å²) in [6.07, 6.45) is 0.383. The minimum Gasteiger partial charge on any atom is -0.396 e. The third kappa shape index (κ3) is 4.48. The molecule has 3 aromatic heterocycles. The lowest BCUT2D eigenvalue weighted by atomic mass is 10.1. The summed E-state index contributed by atoms with van der Waals surface area (Å²) in [5, 5.41) is 20.0. The molecule has 1 saturated carbocycles. The van der Waals surface area contributed by atoms with Crippen molar-refractivity contribution in [1.29, 1.82) is 0 Å². The molecular formula is C26H29N5O3S2. The van der Waals surface area contributed by atoms with Gasteiger partial charge in [0, 0.05) is 17.4 Å². The van der Waals surface area contributed by atoms with E-state index in [2.05, 4.69) is 28.1 Å². The van der Waals surface area contributed by atoms with E-state index in [4.69, 9.17) is 24.4 Å². The number of nitrogens with zero attached hydrogens (tertiary/aromatic N) is 3. The van der Waals surface area contributed by atoms with Crippen molar-refractivity contribution in [2.24, 2.45) is 5.92 Å². The van der Waals surface area contributed by atoms with Gasteiger partial charge in [0.2, 0.25) is 5.95 Å². The van der Waals surface area contributed by atoms with E-state index in [1.807, 2.05) is 45.0 Å². The number of aromatic nitrogens is 3. The number of aliphatic hydroxyl groups excluding tert-OH is 1. The van der Waals surface area contributed by atoms with Crippen molar-refractivity contribution in [3.05, 3.63) is 52.3 Å². The molecule has 1 aliphatic heterocycles. The first-order valence-electron chi connectivity index (χ1n) is 12.1. The fourth-order valence-corrected chi connectivity index (χ4v) is 6.86. The van der Waals surface area contributed by atoms with E-state index < -0.39 is 5.79 Å². The van der Waals surface area contributed by atoms with Gasteiger partial charge in [0.15, 0.2) is 5.79 Å². The van der Waals surface area contributed by atoms with Crippen LogP contribution in [0.1, 0.15) is 30.8 Å². The number of aliphatic hydroxyl groups is 1. The number of hydrogen-bond acceptors (Lipinski definition) is 10. The molecule has 0 spiro atoms. The van der Waals surface area contributed by atoms with Crippen molar-refractivity contribution >= 4 is 44.7 Å². The van der Waals surface area contributed by atoms with Gasteiger partial charge in [-0.2, -0.15) is 4.98 Å². The molecule has 0 unspecified atom stereocenters. The van der Waals surface area contributed by atoms with Crippen molar-refractivity contribution in [2.75, 3.05) is 17.2 Å². The summed E-state index contributed by atoms with van der Waals surface area (Å²) in [5.74, 6) is 0.587. The number of hydrogen-bond donors (Lipinski definition) is 3. The van der Waals surface area contributed by atoms with Crippen LogP contribution in [0.15, 0.2) is 41.8 Å². The lowest BCUT2D eigenvalue weighted by molar-refractivity contribution is -0.158. The predicted octanol–water partition coefficient (Wildman–Crippen LogP) is 5.05. The summed E-state index contributed by atoms with van der Waals surface area (Å²) in [6, 6.07) is 12.2. The van der Waals surface area contributed by atoms with Gasteiger partial charge in [0.1, 0.15) is 16.9 Å². The molecule has 4 atom stereocenters. The van der Waals surface area contributed by atoms with E-state index in [9.17, 15) is 5.11 Å². The molecule has 0 radical (unpaired) electrons. The lowest BCUT2D eigenvalue weighted by Gasteiger charge is -2.25. The zero-order valence-corrected chi connectivity index (χ0v) is 22.0. The molecule has 6 rings (SSSR count). The van der Waals surface area contributed by atoms with Gasteiger partial charge in [-0.3, -0.25) is 0 Å². The van der Waals surface area contributed by atoms with Crippen LogP contribution in [0.2, 0.25) is 0 Å². The summed E-state index contributed by atoms with van der Waals surface area (Å²) in [7, 11) is 0. The first-order chi connectivity index (χ1) is 17.4. The van der Waals surface area contributed by atoms with Crippen LogP contribution in [-0.4, -0.2) is 50.7 Å². The predicted molar refractivity (Wildman–Crippen MR) is 143 cm³/mol. The Hall–Kier alpha value is -2.63. The van der Waals surface area contributed by atoms with Crippen molar-refractivity contribution in [3.63, 3.8) is 0 Å². The monoisotopic (exact) mass is 523 g/mol. The van der Waals surface area contributed by atoms with Gasteiger partial charge >= 0.3 is 0 Å². The number of fused-ring (bicyclic) bond motifs is 2. The number of para-hydroxylation sites is 1. The van der Waals surface area contributed by atoms with Crippen LogP contribution in [0.3, 0.4) is 0 Å². The quantitative estimate of drug-likeness (QED) is 0.309. The molecule has 1 saturated heterocycles. The van der Waals surface area contributed by atoms with E-state index in [1.165, 1.54) is 4.88 Å². The number of thiazole rings is 1. The highest BCUT2D eigenvalue weighted by atomic mass is 32.1. The van der Waals surface area contributed by atoms with Crippen LogP contribution >= 0.6 is 22.7 Å². The van der Waals surface area contributed by atoms with E-state index >= 15 is 0 Å². The maximum atomic E-state index is 10.0. The highest BCUT2D eigenvalue weighted by Crippen LogP contribution is 2.44. The summed E-state index contributed by atoms with van der Waals surface area (Å²) in [5.41, 5.74) is 2.69. The maximum Gasteiger partial charge on any atom is 0.225 e. The molecule has 188 valence electrons. The first kappa shape index (κ1) is 23.7. The Morgan fingerprint density at radius 1 is 1.08 bits per heavy atom. The summed E-state index contributed by atoms with van der Waals surface area (Å²) in [4.78, 5) is 15.8. The second-order valence-electron chi connectivity index (χ2n) is 9.77. The van der Waals surface area contributed by atoms with E-state index in [-0.39, 0.29) is 30.8 Å². The van der Waals surface area contributed by atoms with E-state index in [0.717, 1.165) is 32.9 Å². The fourth-order valence-electron chi connectivity index (χ4n) is 5.15. The van der Waals surface area contributed by atoms with Crippen molar-refractivity contribution in [1.82, 2.24) is 15.0 Å². The molecular weight excluding hydrogens is 494 g/mol. The third-order valence-electron chi connectivity index (χ3n) is 6.74. The minimum atomic E-state index is -0.687. The van der Waals surface area contributed by atoms with Gasteiger partial charge in [-0.05, 0) is 50.8 Å². The van der Waals surface area contributed by atoms with Crippen molar-refractivity contribution in [2.45, 2.75) is 57.8 Å². The number of rotatable bonds is 7. The highest BCUT2D eigenvalue weighted by Gasteiger charge is 2.54. The lowest BCUT2D eigenvalue weighted by Crippen LogP contribution is -2.35. The molecule has 36 heavy (non-hydrogen) atoms. The molecule has 0 amide bonds.